The van der Waals surface area contributed by atoms with Crippen LogP contribution in [0.2, 0.25) is 0 Å². The van der Waals surface area contributed by atoms with Crippen molar-refractivity contribution in [3.63, 3.8) is 0 Å². The topological polar surface area (TPSA) is 112 Å². The summed E-state index contributed by atoms with van der Waals surface area (Å²) in [5.74, 6) is 1.17. The number of carbonyl (C=O) groups excluding carboxylic acids is 2. The predicted octanol–water partition coefficient (Wildman–Crippen LogP) is 4.22. The minimum atomic E-state index is -0.944. The summed E-state index contributed by atoms with van der Waals surface area (Å²) in [6.45, 7) is 1.93. The number of carboxylic acid groups (broad SMARTS) is 1. The van der Waals surface area contributed by atoms with Gasteiger partial charge in [0, 0.05) is 25.6 Å². The Labute approximate surface area is 219 Å². The molecule has 1 saturated heterocycles. The summed E-state index contributed by atoms with van der Waals surface area (Å²) in [4.78, 5) is 43.4. The Kier molecular flexibility index (Phi) is 9.79. The number of unbranched alkanes of at least 4 members (excludes halogenated alkanes) is 4. The van der Waals surface area contributed by atoms with Crippen molar-refractivity contribution < 1.29 is 24.2 Å². The highest BCUT2D eigenvalue weighted by molar-refractivity contribution is 6.05. The summed E-state index contributed by atoms with van der Waals surface area (Å²) < 4.78 is 5.90. The number of amides is 2. The highest BCUT2D eigenvalue weighted by Crippen LogP contribution is 2.31. The fourth-order valence-electron chi connectivity index (χ4n) is 5.48. The number of rotatable bonds is 15. The van der Waals surface area contributed by atoms with Crippen LogP contribution in [0.1, 0.15) is 82.6 Å². The molecule has 202 valence electrons. The van der Waals surface area contributed by atoms with E-state index in [0.29, 0.717) is 38.6 Å². The summed E-state index contributed by atoms with van der Waals surface area (Å²) in [6.07, 6.45) is 12.4. The van der Waals surface area contributed by atoms with Crippen molar-refractivity contribution in [2.45, 2.75) is 83.6 Å². The van der Waals surface area contributed by atoms with Crippen LogP contribution in [0, 0.1) is 5.92 Å². The number of carbonyl (C=O) groups is 3. The zero-order valence-corrected chi connectivity index (χ0v) is 21.8. The maximum absolute atomic E-state index is 12.6. The number of hydrogen-bond donors (Lipinski definition) is 2. The number of nitrogens with zero attached hydrogens (tertiary/aromatic N) is 3. The van der Waals surface area contributed by atoms with Crippen molar-refractivity contribution in [1.29, 1.82) is 0 Å². The minimum Gasteiger partial charge on any atom is -0.494 e. The summed E-state index contributed by atoms with van der Waals surface area (Å²) in [6, 6.07) is 5.85. The van der Waals surface area contributed by atoms with Crippen LogP contribution >= 0.6 is 0 Å². The van der Waals surface area contributed by atoms with Crippen LogP contribution in [0.4, 0.5) is 5.69 Å². The number of ether oxygens (including phenoxy) is 1. The molecule has 0 radical (unpaired) electrons. The number of carboxylic acids is 1. The molecule has 9 nitrogen and oxygen atoms in total. The van der Waals surface area contributed by atoms with Crippen molar-refractivity contribution in [1.82, 2.24) is 15.1 Å². The van der Waals surface area contributed by atoms with Crippen LogP contribution in [-0.2, 0) is 20.9 Å². The third-order valence-electron chi connectivity index (χ3n) is 7.53. The molecule has 2 fully saturated rings. The SMILES string of the molecule is O=C(O)CN(CCCCC1CCCC1)C(=O)CCCCCCOc1ccc2c(c1)N=C1NC(=O)CN1C2. The lowest BCUT2D eigenvalue weighted by Gasteiger charge is -2.23. The molecule has 1 aromatic carbocycles. The molecule has 1 aromatic rings. The van der Waals surface area contributed by atoms with E-state index in [2.05, 4.69) is 10.3 Å². The van der Waals surface area contributed by atoms with Crippen LogP contribution in [0.5, 0.6) is 5.75 Å². The average Bonchev–Trinajstić information content (AvgIpc) is 3.51. The van der Waals surface area contributed by atoms with Gasteiger partial charge in [-0.2, -0.15) is 0 Å². The van der Waals surface area contributed by atoms with E-state index in [0.717, 1.165) is 61.4 Å². The van der Waals surface area contributed by atoms with Crippen molar-refractivity contribution in [3.05, 3.63) is 23.8 Å². The van der Waals surface area contributed by atoms with Gasteiger partial charge in [-0.15, -0.1) is 0 Å². The van der Waals surface area contributed by atoms with Gasteiger partial charge in [-0.3, -0.25) is 19.7 Å². The highest BCUT2D eigenvalue weighted by atomic mass is 16.5. The Morgan fingerprint density at radius 1 is 1.08 bits per heavy atom. The second kappa shape index (κ2) is 13.4. The third kappa shape index (κ3) is 8.20. The zero-order valence-electron chi connectivity index (χ0n) is 21.8. The number of hydrogen-bond acceptors (Lipinski definition) is 6. The first-order valence-corrected chi connectivity index (χ1v) is 13.9. The van der Waals surface area contributed by atoms with E-state index in [-0.39, 0.29) is 18.4 Å². The third-order valence-corrected chi connectivity index (χ3v) is 7.53. The van der Waals surface area contributed by atoms with E-state index in [9.17, 15) is 19.5 Å². The van der Waals surface area contributed by atoms with Crippen LogP contribution < -0.4 is 10.1 Å². The number of guanidine groups is 1. The highest BCUT2D eigenvalue weighted by Gasteiger charge is 2.29. The van der Waals surface area contributed by atoms with E-state index in [1.807, 2.05) is 23.1 Å². The molecule has 2 heterocycles. The van der Waals surface area contributed by atoms with Gasteiger partial charge in [0.05, 0.1) is 12.3 Å². The number of benzene rings is 1. The Balaban J connectivity index is 1.09. The standard InChI is InChI=1S/C28H40N4O5/c33-25-19-32-18-22-13-14-23(17-24(22)29-28(32)30-25)37-16-8-2-1-3-12-26(34)31(20-27(35)36)15-7-6-11-21-9-4-5-10-21/h13-14,17,21H,1-12,15-16,18-20H2,(H,35,36)(H,29,30,33). The van der Waals surface area contributed by atoms with E-state index in [4.69, 9.17) is 4.74 Å². The van der Waals surface area contributed by atoms with E-state index >= 15 is 0 Å². The van der Waals surface area contributed by atoms with Gasteiger partial charge in [-0.25, -0.2) is 4.99 Å². The van der Waals surface area contributed by atoms with Crippen LogP contribution in [0.15, 0.2) is 23.2 Å². The van der Waals surface area contributed by atoms with Gasteiger partial charge in [0.15, 0.2) is 0 Å². The molecule has 0 unspecified atom stereocenters. The smallest absolute Gasteiger partial charge is 0.323 e. The summed E-state index contributed by atoms with van der Waals surface area (Å²) >= 11 is 0. The van der Waals surface area contributed by atoms with Crippen LogP contribution in [0.3, 0.4) is 0 Å². The van der Waals surface area contributed by atoms with Crippen molar-refractivity contribution in [2.24, 2.45) is 10.9 Å². The largest absolute Gasteiger partial charge is 0.494 e. The fraction of sp³-hybridized carbons (Fsp3) is 0.643. The first-order valence-electron chi connectivity index (χ1n) is 13.9. The van der Waals surface area contributed by atoms with Crippen LogP contribution in [0.25, 0.3) is 0 Å². The second-order valence-corrected chi connectivity index (χ2v) is 10.5. The average molecular weight is 513 g/mol. The lowest BCUT2D eigenvalue weighted by atomic mass is 10.0. The molecule has 4 rings (SSSR count). The van der Waals surface area contributed by atoms with E-state index in [1.54, 1.807) is 0 Å². The molecule has 37 heavy (non-hydrogen) atoms. The molecular formula is C28H40N4O5. The Morgan fingerprint density at radius 3 is 2.70 bits per heavy atom. The predicted molar refractivity (Wildman–Crippen MR) is 141 cm³/mol. The lowest BCUT2D eigenvalue weighted by Crippen LogP contribution is -2.36. The maximum atomic E-state index is 12.6. The van der Waals surface area contributed by atoms with E-state index < -0.39 is 5.97 Å². The number of fused-ring (bicyclic) bond motifs is 2. The normalized spacial score (nSPS) is 16.7. The maximum Gasteiger partial charge on any atom is 0.323 e. The van der Waals surface area contributed by atoms with Crippen molar-refractivity contribution in [2.75, 3.05) is 26.2 Å². The number of aliphatic imine (C=N–C) groups is 1. The van der Waals surface area contributed by atoms with E-state index in [1.165, 1.54) is 37.0 Å². The van der Waals surface area contributed by atoms with Crippen LogP contribution in [-0.4, -0.2) is 64.9 Å². The molecule has 2 amide bonds. The molecule has 2 aliphatic heterocycles. The summed E-state index contributed by atoms with van der Waals surface area (Å²) in [5, 5.41) is 12.0. The van der Waals surface area contributed by atoms with Gasteiger partial charge < -0.3 is 19.6 Å². The van der Waals surface area contributed by atoms with Gasteiger partial charge in [0.2, 0.25) is 17.8 Å². The molecule has 1 aliphatic carbocycles. The van der Waals surface area contributed by atoms with Gasteiger partial charge in [0.25, 0.3) is 0 Å². The Bertz CT molecular complexity index is 989. The fourth-order valence-corrected chi connectivity index (χ4v) is 5.48. The Hall–Kier alpha value is -3.10. The molecule has 3 aliphatic rings. The van der Waals surface area contributed by atoms with Crippen molar-refractivity contribution in [3.8, 4) is 5.75 Å². The van der Waals surface area contributed by atoms with Gasteiger partial charge in [0.1, 0.15) is 18.8 Å². The monoisotopic (exact) mass is 512 g/mol. The van der Waals surface area contributed by atoms with Gasteiger partial charge in [-0.1, -0.05) is 57.4 Å². The molecule has 0 spiro atoms. The molecule has 1 saturated carbocycles. The first-order chi connectivity index (χ1) is 18.0. The van der Waals surface area contributed by atoms with Gasteiger partial charge >= 0.3 is 5.97 Å². The molecule has 0 aromatic heterocycles. The Morgan fingerprint density at radius 2 is 1.89 bits per heavy atom. The summed E-state index contributed by atoms with van der Waals surface area (Å²) in [7, 11) is 0. The minimum absolute atomic E-state index is 0.0335. The molecule has 9 heteroatoms. The molecule has 0 bridgehead atoms. The quantitative estimate of drug-likeness (QED) is 0.340. The second-order valence-electron chi connectivity index (χ2n) is 10.5. The number of nitrogens with one attached hydrogen (secondary N) is 1. The molecule has 0 atom stereocenters. The number of aliphatic carboxylic acids is 1. The first kappa shape index (κ1) is 26.9. The molecular weight excluding hydrogens is 472 g/mol. The summed E-state index contributed by atoms with van der Waals surface area (Å²) in [5.41, 5.74) is 1.90. The van der Waals surface area contributed by atoms with Crippen molar-refractivity contribution >= 4 is 29.4 Å². The zero-order chi connectivity index (χ0) is 26.0. The lowest BCUT2D eigenvalue weighted by molar-refractivity contribution is -0.144. The molecule has 2 N–H and O–H groups in total. The van der Waals surface area contributed by atoms with Gasteiger partial charge in [-0.05, 0) is 36.8 Å².